The van der Waals surface area contributed by atoms with Gasteiger partial charge in [0.2, 0.25) is 0 Å². The Bertz CT molecular complexity index is 292. The van der Waals surface area contributed by atoms with Crippen molar-refractivity contribution < 1.29 is 30.0 Å². The molecule has 0 saturated heterocycles. The molecule has 7 heteroatoms. The number of rotatable bonds is 6. The average Bonchev–Trinajstić information content (AvgIpc) is 2.36. The Kier molecular flexibility index (Phi) is 9.37. The number of aliphatic hydroxyl groups is 2. The molecule has 114 valence electrons. The Balaban J connectivity index is 0. The van der Waals surface area contributed by atoms with E-state index in [0.29, 0.717) is 0 Å². The maximum Gasteiger partial charge on any atom is 0.335 e. The van der Waals surface area contributed by atoms with E-state index >= 15 is 0 Å². The highest BCUT2D eigenvalue weighted by atomic mass is 16.4. The molecule has 7 nitrogen and oxygen atoms in total. The van der Waals surface area contributed by atoms with Gasteiger partial charge in [-0.2, -0.15) is 0 Å². The summed E-state index contributed by atoms with van der Waals surface area (Å²) < 4.78 is 0. The van der Waals surface area contributed by atoms with Crippen LogP contribution in [0.25, 0.3) is 0 Å². The van der Waals surface area contributed by atoms with Gasteiger partial charge >= 0.3 is 11.9 Å². The van der Waals surface area contributed by atoms with Gasteiger partial charge in [0.15, 0.2) is 6.10 Å². The minimum absolute atomic E-state index is 0.0718. The molecule has 0 heterocycles. The van der Waals surface area contributed by atoms with Crippen molar-refractivity contribution in [3.05, 3.63) is 0 Å². The lowest BCUT2D eigenvalue weighted by Crippen LogP contribution is -2.43. The first-order valence-electron chi connectivity index (χ1n) is 6.12. The molecular formula is C12H25NO6. The smallest absolute Gasteiger partial charge is 0.335 e. The monoisotopic (exact) mass is 279 g/mol. The predicted molar refractivity (Wildman–Crippen MR) is 69.6 cm³/mol. The van der Waals surface area contributed by atoms with Crippen molar-refractivity contribution in [1.29, 1.82) is 0 Å². The number of hydrogen-bond acceptors (Lipinski definition) is 5. The molecule has 0 rings (SSSR count). The van der Waals surface area contributed by atoms with Crippen molar-refractivity contribution in [2.75, 3.05) is 0 Å². The topological polar surface area (TPSA) is 141 Å². The summed E-state index contributed by atoms with van der Waals surface area (Å²) in [6, 6.07) is -0.699. The van der Waals surface area contributed by atoms with Crippen LogP contribution in [0.4, 0.5) is 0 Å². The van der Waals surface area contributed by atoms with Crippen molar-refractivity contribution in [3.8, 4) is 0 Å². The van der Waals surface area contributed by atoms with Crippen molar-refractivity contribution in [1.82, 2.24) is 0 Å². The molecular weight excluding hydrogens is 254 g/mol. The Hall–Kier alpha value is -1.18. The summed E-state index contributed by atoms with van der Waals surface area (Å²) in [6.45, 7) is 6.64. The van der Waals surface area contributed by atoms with Crippen molar-refractivity contribution >= 4 is 11.9 Å². The molecule has 0 aromatic rings. The van der Waals surface area contributed by atoms with Crippen LogP contribution in [-0.2, 0) is 9.59 Å². The number of nitrogens with two attached hydrogens (primary N) is 1. The summed E-state index contributed by atoms with van der Waals surface area (Å²) in [6.07, 6.45) is -0.675. The number of carboxylic acid groups (broad SMARTS) is 2. The Labute approximate surface area is 113 Å². The predicted octanol–water partition coefficient (Wildman–Crippen LogP) is 0.0373. The Morgan fingerprint density at radius 1 is 1.21 bits per heavy atom. The quantitative estimate of drug-likeness (QED) is 0.462. The van der Waals surface area contributed by atoms with Crippen LogP contribution in [0, 0.1) is 5.92 Å². The maximum atomic E-state index is 10.2. The zero-order chi connectivity index (χ0) is 15.8. The van der Waals surface area contributed by atoms with Crippen LogP contribution in [-0.4, -0.2) is 50.1 Å². The molecule has 0 amide bonds. The maximum absolute atomic E-state index is 10.2. The molecule has 0 aliphatic heterocycles. The van der Waals surface area contributed by atoms with Crippen LogP contribution in [0.1, 0.15) is 40.5 Å². The summed E-state index contributed by atoms with van der Waals surface area (Å²) in [5, 5.41) is 34.5. The van der Waals surface area contributed by atoms with Gasteiger partial charge in [0.05, 0.1) is 5.60 Å². The van der Waals surface area contributed by atoms with E-state index in [1.54, 1.807) is 6.92 Å². The second kappa shape index (κ2) is 8.84. The van der Waals surface area contributed by atoms with Crippen LogP contribution < -0.4 is 5.73 Å². The first-order chi connectivity index (χ1) is 8.51. The Morgan fingerprint density at radius 2 is 1.63 bits per heavy atom. The minimum Gasteiger partial charge on any atom is -0.480 e. The van der Waals surface area contributed by atoms with Gasteiger partial charge in [0, 0.05) is 0 Å². The molecule has 0 aromatic heterocycles. The SMILES string of the molecule is CCC(C)[C@H](N)C(=O)O.CC[C@@](C)(O)[C@@H](O)C(=O)O. The highest BCUT2D eigenvalue weighted by Crippen LogP contribution is 2.13. The summed E-state index contributed by atoms with van der Waals surface area (Å²) in [4.78, 5) is 20.3. The highest BCUT2D eigenvalue weighted by molar-refractivity contribution is 5.73. The molecule has 0 aliphatic carbocycles. The molecule has 0 fully saturated rings. The summed E-state index contributed by atoms with van der Waals surface area (Å²) >= 11 is 0. The molecule has 19 heavy (non-hydrogen) atoms. The fraction of sp³-hybridized carbons (Fsp3) is 0.833. The molecule has 0 aliphatic rings. The van der Waals surface area contributed by atoms with E-state index in [4.69, 9.17) is 26.2 Å². The zero-order valence-corrected chi connectivity index (χ0v) is 11.8. The molecule has 0 spiro atoms. The molecule has 0 bridgehead atoms. The summed E-state index contributed by atoms with van der Waals surface area (Å²) in [5.74, 6) is -2.24. The molecule has 4 atom stereocenters. The number of hydrogen-bond donors (Lipinski definition) is 5. The van der Waals surface area contributed by atoms with Gasteiger partial charge in [0.1, 0.15) is 6.04 Å². The van der Waals surface area contributed by atoms with Crippen LogP contribution in [0.15, 0.2) is 0 Å². The van der Waals surface area contributed by atoms with Gasteiger partial charge in [-0.1, -0.05) is 27.2 Å². The third kappa shape index (κ3) is 7.76. The summed E-state index contributed by atoms with van der Waals surface area (Å²) in [5.41, 5.74) is 3.75. The van der Waals surface area contributed by atoms with Crippen molar-refractivity contribution in [2.45, 2.75) is 58.3 Å². The lowest BCUT2D eigenvalue weighted by molar-refractivity contribution is -0.161. The lowest BCUT2D eigenvalue weighted by Gasteiger charge is -2.23. The minimum atomic E-state index is -1.70. The molecule has 0 saturated carbocycles. The third-order valence-corrected chi connectivity index (χ3v) is 3.08. The normalized spacial score (nSPS) is 18.3. The van der Waals surface area contributed by atoms with E-state index in [1.165, 1.54) is 6.92 Å². The average molecular weight is 279 g/mol. The fourth-order valence-electron chi connectivity index (χ4n) is 0.957. The third-order valence-electron chi connectivity index (χ3n) is 3.08. The second-order valence-corrected chi connectivity index (χ2v) is 4.70. The van der Waals surface area contributed by atoms with Crippen LogP contribution in [0.3, 0.4) is 0 Å². The van der Waals surface area contributed by atoms with Gasteiger partial charge in [0.25, 0.3) is 0 Å². The van der Waals surface area contributed by atoms with Crippen molar-refractivity contribution in [2.24, 2.45) is 11.7 Å². The van der Waals surface area contributed by atoms with E-state index in [9.17, 15) is 9.59 Å². The number of carbonyl (C=O) groups is 2. The number of carboxylic acids is 2. The van der Waals surface area contributed by atoms with Gasteiger partial charge in [-0.25, -0.2) is 4.79 Å². The van der Waals surface area contributed by atoms with Crippen LogP contribution >= 0.6 is 0 Å². The number of aliphatic carboxylic acids is 2. The van der Waals surface area contributed by atoms with Crippen LogP contribution in [0.2, 0.25) is 0 Å². The van der Waals surface area contributed by atoms with Crippen molar-refractivity contribution in [3.63, 3.8) is 0 Å². The second-order valence-electron chi connectivity index (χ2n) is 4.70. The van der Waals surface area contributed by atoms with Gasteiger partial charge in [-0.15, -0.1) is 0 Å². The van der Waals surface area contributed by atoms with E-state index in [-0.39, 0.29) is 12.3 Å². The molecule has 0 aromatic carbocycles. The standard InChI is InChI=1S/C6H13NO2.C6H12O4/c1-3-4(2)5(7)6(8)9;1-3-6(2,10)4(7)5(8)9/h4-5H,3,7H2,1-2H3,(H,8,9);4,7,10H,3H2,1-2H3,(H,8,9)/t4?,5-;4-,6+/m00/s1. The first kappa shape index (κ1) is 20.1. The Morgan fingerprint density at radius 3 is 1.74 bits per heavy atom. The van der Waals surface area contributed by atoms with Crippen LogP contribution in [0.5, 0.6) is 0 Å². The van der Waals surface area contributed by atoms with Gasteiger partial charge in [-0.05, 0) is 19.3 Å². The van der Waals surface area contributed by atoms with E-state index in [0.717, 1.165) is 6.42 Å². The van der Waals surface area contributed by atoms with E-state index in [1.807, 2.05) is 13.8 Å². The lowest BCUT2D eigenvalue weighted by atomic mass is 9.96. The fourth-order valence-corrected chi connectivity index (χ4v) is 0.957. The zero-order valence-electron chi connectivity index (χ0n) is 11.8. The van der Waals surface area contributed by atoms with Gasteiger partial charge < -0.3 is 26.2 Å². The number of aliphatic hydroxyl groups excluding tert-OH is 1. The molecule has 6 N–H and O–H groups in total. The van der Waals surface area contributed by atoms with Gasteiger partial charge in [-0.3, -0.25) is 4.79 Å². The molecule has 1 unspecified atom stereocenters. The largest absolute Gasteiger partial charge is 0.480 e. The first-order valence-corrected chi connectivity index (χ1v) is 6.12. The van der Waals surface area contributed by atoms with E-state index in [2.05, 4.69) is 0 Å². The van der Waals surface area contributed by atoms with E-state index < -0.39 is 29.7 Å². The molecule has 0 radical (unpaired) electrons. The summed E-state index contributed by atoms with van der Waals surface area (Å²) in [7, 11) is 0. The highest BCUT2D eigenvalue weighted by Gasteiger charge is 2.33.